The van der Waals surface area contributed by atoms with Crippen molar-refractivity contribution in [1.82, 2.24) is 0 Å². The zero-order valence-corrected chi connectivity index (χ0v) is 13.8. The average Bonchev–Trinajstić information content (AvgIpc) is 2.63. The average molecular weight is 334 g/mol. The molecule has 0 aromatic heterocycles. The van der Waals surface area contributed by atoms with Crippen LogP contribution in [0, 0.1) is 17.0 Å². The maximum atomic E-state index is 11.2. The number of anilines is 2. The molecule has 1 N–H and O–H groups in total. The third-order valence-corrected chi connectivity index (χ3v) is 3.73. The molecule has 0 fully saturated rings. The molecule has 0 atom stereocenters. The number of nitro groups is 1. The SMILES string of the molecule is Cc1ccc(Nc2ccc(OCc3ccccc3)cc2)c([N+](=O)[O-])c1. The second kappa shape index (κ2) is 7.49. The molecule has 0 saturated carbocycles. The van der Waals surface area contributed by atoms with Crippen LogP contribution in [0.1, 0.15) is 11.1 Å². The van der Waals surface area contributed by atoms with Gasteiger partial charge in [0.25, 0.3) is 5.69 Å². The van der Waals surface area contributed by atoms with Crippen molar-refractivity contribution in [2.75, 3.05) is 5.32 Å². The van der Waals surface area contributed by atoms with E-state index in [2.05, 4.69) is 5.32 Å². The van der Waals surface area contributed by atoms with Crippen LogP contribution in [0.15, 0.2) is 72.8 Å². The minimum atomic E-state index is -0.382. The van der Waals surface area contributed by atoms with Crippen molar-refractivity contribution < 1.29 is 9.66 Å². The van der Waals surface area contributed by atoms with Gasteiger partial charge in [0.2, 0.25) is 0 Å². The fourth-order valence-corrected chi connectivity index (χ4v) is 2.43. The highest BCUT2D eigenvalue weighted by Gasteiger charge is 2.13. The summed E-state index contributed by atoms with van der Waals surface area (Å²) in [5, 5.41) is 14.3. The number of nitro benzene ring substituents is 1. The minimum Gasteiger partial charge on any atom is -0.489 e. The lowest BCUT2D eigenvalue weighted by Crippen LogP contribution is -1.98. The largest absolute Gasteiger partial charge is 0.489 e. The van der Waals surface area contributed by atoms with Gasteiger partial charge in [-0.3, -0.25) is 10.1 Å². The van der Waals surface area contributed by atoms with Crippen molar-refractivity contribution in [3.8, 4) is 5.75 Å². The molecular formula is C20H18N2O3. The van der Waals surface area contributed by atoms with Crippen molar-refractivity contribution in [2.24, 2.45) is 0 Å². The third-order valence-electron chi connectivity index (χ3n) is 3.73. The van der Waals surface area contributed by atoms with Crippen LogP contribution in [0.25, 0.3) is 0 Å². The number of nitrogens with one attached hydrogen (secondary N) is 1. The molecule has 0 amide bonds. The molecule has 25 heavy (non-hydrogen) atoms. The van der Waals surface area contributed by atoms with Gasteiger partial charge in [0.15, 0.2) is 0 Å². The molecule has 0 aliphatic heterocycles. The molecule has 5 heteroatoms. The van der Waals surface area contributed by atoms with Gasteiger partial charge < -0.3 is 10.1 Å². The summed E-state index contributed by atoms with van der Waals surface area (Å²) in [6.45, 7) is 2.33. The van der Waals surface area contributed by atoms with E-state index in [0.29, 0.717) is 12.3 Å². The number of aryl methyl sites for hydroxylation is 1. The highest BCUT2D eigenvalue weighted by molar-refractivity contribution is 5.70. The minimum absolute atomic E-state index is 0.0596. The predicted molar refractivity (Wildman–Crippen MR) is 98.3 cm³/mol. The lowest BCUT2D eigenvalue weighted by atomic mass is 10.2. The van der Waals surface area contributed by atoms with E-state index in [9.17, 15) is 10.1 Å². The Balaban J connectivity index is 1.68. The van der Waals surface area contributed by atoms with Gasteiger partial charge >= 0.3 is 0 Å². The molecule has 0 saturated heterocycles. The summed E-state index contributed by atoms with van der Waals surface area (Å²) < 4.78 is 5.74. The Kier molecular flexibility index (Phi) is 4.95. The van der Waals surface area contributed by atoms with E-state index < -0.39 is 0 Å². The Morgan fingerprint density at radius 1 is 1.00 bits per heavy atom. The smallest absolute Gasteiger partial charge is 0.292 e. The van der Waals surface area contributed by atoms with E-state index in [-0.39, 0.29) is 10.6 Å². The van der Waals surface area contributed by atoms with Crippen molar-refractivity contribution >= 4 is 17.1 Å². The lowest BCUT2D eigenvalue weighted by molar-refractivity contribution is -0.384. The van der Waals surface area contributed by atoms with Crippen molar-refractivity contribution in [3.05, 3.63) is 94.0 Å². The summed E-state index contributed by atoms with van der Waals surface area (Å²) in [5.41, 5.74) is 3.24. The summed E-state index contributed by atoms with van der Waals surface area (Å²) in [5.74, 6) is 0.743. The Morgan fingerprint density at radius 3 is 2.40 bits per heavy atom. The molecule has 5 nitrogen and oxygen atoms in total. The number of rotatable bonds is 6. The first-order valence-corrected chi connectivity index (χ1v) is 7.91. The quantitative estimate of drug-likeness (QED) is 0.495. The summed E-state index contributed by atoms with van der Waals surface area (Å²) in [6, 6.07) is 22.4. The number of ether oxygens (including phenoxy) is 1. The molecule has 0 unspecified atom stereocenters. The molecule has 0 radical (unpaired) electrons. The van der Waals surface area contributed by atoms with Crippen LogP contribution in [0.3, 0.4) is 0 Å². The standard InChI is InChI=1S/C20H18N2O3/c1-15-7-12-19(20(13-15)22(23)24)21-17-8-10-18(11-9-17)25-14-16-5-3-2-4-6-16/h2-13,21H,14H2,1H3. The van der Waals surface area contributed by atoms with Crippen LogP contribution in [-0.4, -0.2) is 4.92 Å². The predicted octanol–water partition coefficient (Wildman–Crippen LogP) is 5.23. The summed E-state index contributed by atoms with van der Waals surface area (Å²) in [4.78, 5) is 10.8. The zero-order chi connectivity index (χ0) is 17.6. The highest BCUT2D eigenvalue weighted by atomic mass is 16.6. The van der Waals surface area contributed by atoms with Crippen LogP contribution in [0.2, 0.25) is 0 Å². The molecule has 0 heterocycles. The number of hydrogen-bond donors (Lipinski definition) is 1. The van der Waals surface area contributed by atoms with Gasteiger partial charge in [0.05, 0.1) is 4.92 Å². The van der Waals surface area contributed by atoms with Gasteiger partial charge in [-0.15, -0.1) is 0 Å². The van der Waals surface area contributed by atoms with E-state index in [1.807, 2.05) is 67.6 Å². The summed E-state index contributed by atoms with van der Waals surface area (Å²) in [7, 11) is 0. The summed E-state index contributed by atoms with van der Waals surface area (Å²) in [6.07, 6.45) is 0. The molecule has 0 spiro atoms. The van der Waals surface area contributed by atoms with Gasteiger partial charge in [0, 0.05) is 11.8 Å². The first-order valence-electron chi connectivity index (χ1n) is 7.91. The molecule has 3 rings (SSSR count). The first-order chi connectivity index (χ1) is 12.1. The highest BCUT2D eigenvalue weighted by Crippen LogP contribution is 2.29. The van der Waals surface area contributed by atoms with Gasteiger partial charge in [-0.05, 0) is 48.4 Å². The fourth-order valence-electron chi connectivity index (χ4n) is 2.43. The molecule has 0 bridgehead atoms. The van der Waals surface area contributed by atoms with E-state index in [4.69, 9.17) is 4.74 Å². The monoisotopic (exact) mass is 334 g/mol. The van der Waals surface area contributed by atoms with Gasteiger partial charge in [-0.2, -0.15) is 0 Å². The number of benzene rings is 3. The van der Waals surface area contributed by atoms with Gasteiger partial charge in [-0.1, -0.05) is 36.4 Å². The summed E-state index contributed by atoms with van der Waals surface area (Å²) >= 11 is 0. The molecule has 3 aromatic rings. The molecule has 126 valence electrons. The first kappa shape index (κ1) is 16.5. The third kappa shape index (κ3) is 4.35. The van der Waals surface area contributed by atoms with Crippen LogP contribution >= 0.6 is 0 Å². The Labute approximate surface area is 146 Å². The Morgan fingerprint density at radius 2 is 1.72 bits per heavy atom. The van der Waals surface area contributed by atoms with Crippen molar-refractivity contribution in [3.63, 3.8) is 0 Å². The number of hydrogen-bond acceptors (Lipinski definition) is 4. The maximum Gasteiger partial charge on any atom is 0.292 e. The van der Waals surface area contributed by atoms with Crippen molar-refractivity contribution in [1.29, 1.82) is 0 Å². The van der Waals surface area contributed by atoms with Crippen LogP contribution in [0.5, 0.6) is 5.75 Å². The maximum absolute atomic E-state index is 11.2. The second-order valence-corrected chi connectivity index (χ2v) is 5.70. The fraction of sp³-hybridized carbons (Fsp3) is 0.100. The molecule has 3 aromatic carbocycles. The second-order valence-electron chi connectivity index (χ2n) is 5.70. The topological polar surface area (TPSA) is 64.4 Å². The molecule has 0 aliphatic carbocycles. The zero-order valence-electron chi connectivity index (χ0n) is 13.8. The van der Waals surface area contributed by atoms with Gasteiger partial charge in [0.1, 0.15) is 18.0 Å². The van der Waals surface area contributed by atoms with E-state index >= 15 is 0 Å². The molecule has 0 aliphatic rings. The van der Waals surface area contributed by atoms with Crippen LogP contribution < -0.4 is 10.1 Å². The Bertz CT molecular complexity index is 862. The van der Waals surface area contributed by atoms with Crippen molar-refractivity contribution in [2.45, 2.75) is 13.5 Å². The lowest BCUT2D eigenvalue weighted by Gasteiger charge is -2.10. The van der Waals surface area contributed by atoms with E-state index in [1.54, 1.807) is 12.1 Å². The van der Waals surface area contributed by atoms with E-state index in [1.165, 1.54) is 0 Å². The van der Waals surface area contributed by atoms with Crippen LogP contribution in [-0.2, 0) is 6.61 Å². The van der Waals surface area contributed by atoms with Crippen LogP contribution in [0.4, 0.5) is 17.1 Å². The Hall–Kier alpha value is -3.34. The van der Waals surface area contributed by atoms with Gasteiger partial charge in [-0.25, -0.2) is 0 Å². The molecular weight excluding hydrogens is 316 g/mol. The normalized spacial score (nSPS) is 10.3. The van der Waals surface area contributed by atoms with E-state index in [0.717, 1.165) is 22.6 Å². The number of nitrogens with zero attached hydrogens (tertiary/aromatic N) is 1.